The van der Waals surface area contributed by atoms with E-state index in [9.17, 15) is 0 Å². The lowest BCUT2D eigenvalue weighted by Crippen LogP contribution is -2.31. The van der Waals surface area contributed by atoms with E-state index in [0.29, 0.717) is 40.4 Å². The minimum atomic E-state index is -0.571. The van der Waals surface area contributed by atoms with Crippen molar-refractivity contribution in [2.75, 3.05) is 7.11 Å². The van der Waals surface area contributed by atoms with Gasteiger partial charge < -0.3 is 10.1 Å². The first-order valence-electron chi connectivity index (χ1n) is 21.5. The van der Waals surface area contributed by atoms with Crippen LogP contribution in [0.1, 0.15) is 55.5 Å². The van der Waals surface area contributed by atoms with Gasteiger partial charge in [-0.3, -0.25) is 0 Å². The van der Waals surface area contributed by atoms with Gasteiger partial charge in [0.25, 0.3) is 0 Å². The summed E-state index contributed by atoms with van der Waals surface area (Å²) in [4.78, 5) is 14.9. The average Bonchev–Trinajstić information content (AvgIpc) is 3.36. The third-order valence-corrected chi connectivity index (χ3v) is 11.0. The fourth-order valence-corrected chi connectivity index (χ4v) is 8.08. The van der Waals surface area contributed by atoms with Gasteiger partial charge in [0.15, 0.2) is 5.82 Å². The van der Waals surface area contributed by atoms with Gasteiger partial charge in [0, 0.05) is 38.9 Å². The van der Waals surface area contributed by atoms with Crippen LogP contribution in [-0.4, -0.2) is 22.9 Å². The number of benzene rings is 7. The molecule has 1 aromatic heterocycles. The van der Waals surface area contributed by atoms with Gasteiger partial charge in [0.05, 0.1) is 30.2 Å². The number of ether oxygens (including phenoxy) is 1. The predicted octanol–water partition coefficient (Wildman–Crippen LogP) is 14.2. The molecule has 0 saturated carbocycles. The Kier molecular flexibility index (Phi) is 13.0. The summed E-state index contributed by atoms with van der Waals surface area (Å²) in [6.07, 6.45) is 3.57. The van der Waals surface area contributed by atoms with E-state index in [1.807, 2.05) is 166 Å². The second-order valence-corrected chi connectivity index (χ2v) is 14.9. The van der Waals surface area contributed by atoms with E-state index < -0.39 is 11.6 Å². The van der Waals surface area contributed by atoms with E-state index in [0.717, 1.165) is 57.0 Å². The quantitative estimate of drug-likeness (QED) is 0.141. The van der Waals surface area contributed by atoms with Crippen LogP contribution in [0.2, 0.25) is 0 Å². The number of nitrogens with one attached hydrogen (secondary N) is 1. The van der Waals surface area contributed by atoms with Crippen LogP contribution >= 0.6 is 0 Å². The Morgan fingerprint density at radius 1 is 0.540 bits per heavy atom. The van der Waals surface area contributed by atoms with Gasteiger partial charge in [-0.05, 0) is 59.0 Å². The smallest absolute Gasteiger partial charge is 0.160 e. The van der Waals surface area contributed by atoms with Crippen molar-refractivity contribution in [1.82, 2.24) is 15.3 Å². The molecule has 1 unspecified atom stereocenters. The van der Waals surface area contributed by atoms with Crippen LogP contribution in [0.5, 0.6) is 5.75 Å². The lowest BCUT2D eigenvalue weighted by atomic mass is 9.87. The van der Waals surface area contributed by atoms with Gasteiger partial charge in [-0.2, -0.15) is 0 Å². The fraction of sp³-hybridized carbons (Fsp3) is 0.125. The van der Waals surface area contributed by atoms with E-state index in [4.69, 9.17) is 19.7 Å². The minimum absolute atomic E-state index is 0.0851. The molecule has 0 saturated heterocycles. The lowest BCUT2D eigenvalue weighted by Gasteiger charge is -2.27. The number of hydrogen-bond acceptors (Lipinski definition) is 5. The number of amidine groups is 1. The zero-order valence-electron chi connectivity index (χ0n) is 35.8. The zero-order chi connectivity index (χ0) is 43.7. The highest BCUT2D eigenvalue weighted by Crippen LogP contribution is 2.43. The Morgan fingerprint density at radius 3 is 1.68 bits per heavy atom. The largest absolute Gasteiger partial charge is 0.495 e. The summed E-state index contributed by atoms with van der Waals surface area (Å²) in [6, 6.07) is 55.3. The zero-order valence-corrected chi connectivity index (χ0v) is 35.8. The summed E-state index contributed by atoms with van der Waals surface area (Å²) in [6.45, 7) is 6.10. The van der Waals surface area contributed by atoms with E-state index in [-0.39, 0.29) is 17.2 Å². The number of aliphatic imine (C=N–C) groups is 1. The van der Waals surface area contributed by atoms with Crippen LogP contribution in [0, 0.1) is 11.6 Å². The maximum Gasteiger partial charge on any atom is 0.160 e. The second-order valence-electron chi connectivity index (χ2n) is 14.9. The van der Waals surface area contributed by atoms with E-state index >= 15 is 8.78 Å². The van der Waals surface area contributed by atoms with Gasteiger partial charge in [-0.25, -0.2) is 23.7 Å². The number of para-hydroxylation sites is 1. The Bertz CT molecular complexity index is 2840. The Morgan fingerprint density at radius 2 is 1.06 bits per heavy atom. The first kappa shape index (κ1) is 42.2. The van der Waals surface area contributed by atoms with Crippen molar-refractivity contribution in [2.24, 2.45) is 4.99 Å². The molecular formula is C56H48F2N4O. The third-order valence-electron chi connectivity index (χ3n) is 11.0. The third kappa shape index (κ3) is 8.95. The van der Waals surface area contributed by atoms with Crippen molar-refractivity contribution < 1.29 is 13.5 Å². The molecule has 1 aliphatic rings. The van der Waals surface area contributed by atoms with Crippen molar-refractivity contribution in [2.45, 2.75) is 39.7 Å². The highest BCUT2D eigenvalue weighted by molar-refractivity contribution is 6.03. The standard InChI is InChI=1S/C54H42F2N4O.C2H6/c1-3-18-39-40(27-16-28-41(39)50-33-48(35-19-8-4-9-20-35)57-53(59-50)37-23-12-6-13-24-37)44-31-47(56)45(32-46(44)55)42-29-17-30-43(52(42)61-2)51-34-49(36-21-10-5-11-22-36)58-54(60-51)38-25-14-7-15-26-38;1-2/h4-17,19-34,50H,3,18H2,1-2H3,(H,57,59);1-2H3. The number of hydrogen-bond donors (Lipinski definition) is 1. The highest BCUT2D eigenvalue weighted by atomic mass is 19.1. The summed E-state index contributed by atoms with van der Waals surface area (Å²) in [5.74, 6) is 0.542. The monoisotopic (exact) mass is 830 g/mol. The van der Waals surface area contributed by atoms with Crippen molar-refractivity contribution in [1.29, 1.82) is 0 Å². The molecule has 63 heavy (non-hydrogen) atoms. The van der Waals surface area contributed by atoms with Crippen LogP contribution in [0.15, 0.2) is 187 Å². The van der Waals surface area contributed by atoms with Gasteiger partial charge in [-0.1, -0.05) is 179 Å². The van der Waals surface area contributed by atoms with E-state index in [1.165, 1.54) is 19.2 Å². The van der Waals surface area contributed by atoms with Gasteiger partial charge >= 0.3 is 0 Å². The molecule has 2 heterocycles. The maximum absolute atomic E-state index is 16.8. The second kappa shape index (κ2) is 19.5. The van der Waals surface area contributed by atoms with Crippen LogP contribution in [-0.2, 0) is 6.42 Å². The van der Waals surface area contributed by atoms with Crippen LogP contribution in [0.25, 0.3) is 61.9 Å². The molecule has 7 aromatic carbocycles. The van der Waals surface area contributed by atoms with Crippen molar-refractivity contribution in [3.8, 4) is 61.9 Å². The lowest BCUT2D eigenvalue weighted by molar-refractivity contribution is 0.417. The van der Waals surface area contributed by atoms with Gasteiger partial charge in [0.1, 0.15) is 23.2 Å². The molecule has 0 spiro atoms. The molecular weight excluding hydrogens is 783 g/mol. The number of aromatic nitrogens is 2. The molecule has 7 heteroatoms. The molecule has 0 bridgehead atoms. The van der Waals surface area contributed by atoms with Gasteiger partial charge in [0.2, 0.25) is 0 Å². The topological polar surface area (TPSA) is 59.4 Å². The summed E-state index contributed by atoms with van der Waals surface area (Å²) in [7, 11) is 1.54. The molecule has 0 fully saturated rings. The van der Waals surface area contributed by atoms with Crippen molar-refractivity contribution in [3.63, 3.8) is 0 Å². The Balaban J connectivity index is 0.00000268. The fourth-order valence-electron chi connectivity index (χ4n) is 8.08. The van der Waals surface area contributed by atoms with Crippen LogP contribution < -0.4 is 10.1 Å². The summed E-state index contributed by atoms with van der Waals surface area (Å²) in [5.41, 5.74) is 9.74. The number of halogens is 2. The first-order valence-corrected chi connectivity index (χ1v) is 21.5. The number of rotatable bonds is 11. The molecule has 9 rings (SSSR count). The minimum Gasteiger partial charge on any atom is -0.495 e. The maximum atomic E-state index is 16.8. The number of nitrogens with zero attached hydrogens (tertiary/aromatic N) is 3. The summed E-state index contributed by atoms with van der Waals surface area (Å²) >= 11 is 0. The molecule has 0 radical (unpaired) electrons. The van der Waals surface area contributed by atoms with E-state index in [2.05, 4.69) is 24.4 Å². The summed E-state index contributed by atoms with van der Waals surface area (Å²) < 4.78 is 39.6. The molecule has 8 aromatic rings. The van der Waals surface area contributed by atoms with Crippen molar-refractivity contribution >= 4 is 11.5 Å². The highest BCUT2D eigenvalue weighted by Gasteiger charge is 2.26. The Labute approximate surface area is 368 Å². The molecule has 1 N–H and O–H groups in total. The molecule has 312 valence electrons. The summed E-state index contributed by atoms with van der Waals surface area (Å²) in [5, 5.41) is 3.66. The molecule has 0 amide bonds. The van der Waals surface area contributed by atoms with Gasteiger partial charge in [-0.15, -0.1) is 0 Å². The van der Waals surface area contributed by atoms with Crippen LogP contribution in [0.4, 0.5) is 8.78 Å². The van der Waals surface area contributed by atoms with E-state index in [1.54, 1.807) is 6.07 Å². The Hall–Kier alpha value is -7.51. The molecule has 0 aliphatic carbocycles. The SMILES string of the molecule is CC.CCCc1c(-c2cc(F)c(-c3cccc(-c4cc(-c5ccccc5)nc(-c5ccccc5)n4)c3OC)cc2F)cccc1C1C=C(c2ccccc2)N=C(c2ccccc2)N1. The average molecular weight is 831 g/mol. The normalized spacial score (nSPS) is 13.2. The van der Waals surface area contributed by atoms with Crippen LogP contribution in [0.3, 0.4) is 0 Å². The van der Waals surface area contributed by atoms with Crippen molar-refractivity contribution in [3.05, 3.63) is 216 Å². The molecule has 1 atom stereocenters. The molecule has 5 nitrogen and oxygen atoms in total. The first-order chi connectivity index (χ1) is 31.0. The molecule has 1 aliphatic heterocycles. The number of methoxy groups -OCH3 is 1. The predicted molar refractivity (Wildman–Crippen MR) is 254 cm³/mol.